The first-order chi connectivity index (χ1) is 13.3. The Labute approximate surface area is 164 Å². The number of sulfonamides is 1. The summed E-state index contributed by atoms with van der Waals surface area (Å²) in [4.78, 5) is 14.6. The summed E-state index contributed by atoms with van der Waals surface area (Å²) in [6, 6.07) is 14.2. The normalized spacial score (nSPS) is 24.4. The Hall–Kier alpha value is -2.25. The number of carbonyl (C=O) groups is 1. The first-order valence-corrected chi connectivity index (χ1v) is 11.3. The predicted molar refractivity (Wildman–Crippen MR) is 106 cm³/mol. The van der Waals surface area contributed by atoms with Crippen LogP contribution in [0.4, 0.5) is 4.39 Å². The van der Waals surface area contributed by atoms with Gasteiger partial charge in [0, 0.05) is 25.0 Å². The number of benzene rings is 2. The van der Waals surface area contributed by atoms with E-state index in [4.69, 9.17) is 0 Å². The minimum atomic E-state index is -3.28. The Balaban J connectivity index is 1.48. The molecule has 3 atom stereocenters. The van der Waals surface area contributed by atoms with Gasteiger partial charge in [-0.3, -0.25) is 4.79 Å². The van der Waals surface area contributed by atoms with Crippen molar-refractivity contribution in [3.05, 3.63) is 59.9 Å². The minimum absolute atomic E-state index is 0.0612. The number of amides is 1. The fourth-order valence-electron chi connectivity index (χ4n) is 4.13. The van der Waals surface area contributed by atoms with Gasteiger partial charge in [0.2, 0.25) is 15.9 Å². The fourth-order valence-corrected chi connectivity index (χ4v) is 4.92. The van der Waals surface area contributed by atoms with Gasteiger partial charge in [-0.05, 0) is 47.6 Å². The molecule has 0 bridgehead atoms. The molecule has 1 aliphatic carbocycles. The van der Waals surface area contributed by atoms with Gasteiger partial charge in [-0.1, -0.05) is 36.4 Å². The van der Waals surface area contributed by atoms with Crippen molar-refractivity contribution in [3.8, 4) is 11.1 Å². The van der Waals surface area contributed by atoms with Crippen LogP contribution in [0.3, 0.4) is 0 Å². The van der Waals surface area contributed by atoms with Crippen LogP contribution in [-0.2, 0) is 14.8 Å². The predicted octanol–water partition coefficient (Wildman–Crippen LogP) is 2.75. The Kier molecular flexibility index (Phi) is 4.97. The van der Waals surface area contributed by atoms with E-state index >= 15 is 0 Å². The molecule has 1 heterocycles. The summed E-state index contributed by atoms with van der Waals surface area (Å²) in [7, 11) is -3.28. The van der Waals surface area contributed by atoms with Gasteiger partial charge in [-0.25, -0.2) is 17.5 Å². The molecule has 0 unspecified atom stereocenters. The summed E-state index contributed by atoms with van der Waals surface area (Å²) in [5.74, 6) is -0.276. The van der Waals surface area contributed by atoms with Gasteiger partial charge < -0.3 is 4.90 Å². The highest BCUT2D eigenvalue weighted by Gasteiger charge is 2.47. The van der Waals surface area contributed by atoms with Crippen molar-refractivity contribution < 1.29 is 17.6 Å². The maximum atomic E-state index is 13.9. The lowest BCUT2D eigenvalue weighted by Gasteiger charge is -2.17. The molecule has 1 saturated heterocycles. The lowest BCUT2D eigenvalue weighted by atomic mass is 9.95. The third kappa shape index (κ3) is 4.10. The van der Waals surface area contributed by atoms with Gasteiger partial charge in [0.25, 0.3) is 0 Å². The number of hydrogen-bond donors (Lipinski definition) is 1. The summed E-state index contributed by atoms with van der Waals surface area (Å²) in [5, 5.41) is 0. The van der Waals surface area contributed by atoms with E-state index in [-0.39, 0.29) is 29.6 Å². The molecule has 2 aromatic rings. The largest absolute Gasteiger partial charge is 0.341 e. The average molecular weight is 402 g/mol. The highest BCUT2D eigenvalue weighted by molar-refractivity contribution is 7.88. The van der Waals surface area contributed by atoms with Crippen LogP contribution >= 0.6 is 0 Å². The van der Waals surface area contributed by atoms with Gasteiger partial charge in [-0.15, -0.1) is 0 Å². The molecule has 1 saturated carbocycles. The standard InChI is InChI=1S/C21H23FN2O3S/c1-28(26,27)23-16-9-10-24(13-16)21(25)20-12-19(20)17-8-7-15(22)11-18(17)14-5-3-2-4-6-14/h2-8,11,16,19-20,23H,9-10,12-13H2,1H3/t16-,19-,20+/m0/s1. The molecule has 5 nitrogen and oxygen atoms in total. The first-order valence-electron chi connectivity index (χ1n) is 9.43. The summed E-state index contributed by atoms with van der Waals surface area (Å²) >= 11 is 0. The molecule has 2 fully saturated rings. The van der Waals surface area contributed by atoms with E-state index in [2.05, 4.69) is 4.72 Å². The number of rotatable bonds is 5. The number of nitrogens with one attached hydrogen (secondary N) is 1. The molecule has 28 heavy (non-hydrogen) atoms. The summed E-state index contributed by atoms with van der Waals surface area (Å²) < 4.78 is 39.2. The van der Waals surface area contributed by atoms with E-state index in [1.165, 1.54) is 12.1 Å². The molecule has 148 valence electrons. The van der Waals surface area contributed by atoms with Crippen molar-refractivity contribution in [1.82, 2.24) is 9.62 Å². The van der Waals surface area contributed by atoms with Crippen molar-refractivity contribution in [3.63, 3.8) is 0 Å². The Morgan fingerprint density at radius 2 is 1.93 bits per heavy atom. The third-order valence-corrected chi connectivity index (χ3v) is 6.25. The van der Waals surface area contributed by atoms with E-state index in [9.17, 15) is 17.6 Å². The number of likely N-dealkylation sites (tertiary alicyclic amines) is 1. The second-order valence-corrected chi connectivity index (χ2v) is 9.49. The zero-order chi connectivity index (χ0) is 19.9. The monoisotopic (exact) mass is 402 g/mol. The minimum Gasteiger partial charge on any atom is -0.341 e. The molecule has 0 radical (unpaired) electrons. The van der Waals surface area contributed by atoms with E-state index in [1.54, 1.807) is 11.0 Å². The van der Waals surface area contributed by atoms with Crippen LogP contribution in [0.5, 0.6) is 0 Å². The molecule has 0 aromatic heterocycles. The molecule has 7 heteroatoms. The first kappa shape index (κ1) is 19.1. The van der Waals surface area contributed by atoms with Crippen molar-refractivity contribution in [2.24, 2.45) is 5.92 Å². The molecule has 0 spiro atoms. The zero-order valence-electron chi connectivity index (χ0n) is 15.6. The number of nitrogens with zero attached hydrogens (tertiary/aromatic N) is 1. The molecule has 2 aromatic carbocycles. The molecule has 1 N–H and O–H groups in total. The molecule has 4 rings (SSSR count). The van der Waals surface area contributed by atoms with Gasteiger partial charge in [-0.2, -0.15) is 0 Å². The Bertz CT molecular complexity index is 994. The fraction of sp³-hybridized carbons (Fsp3) is 0.381. The van der Waals surface area contributed by atoms with Crippen molar-refractivity contribution in [1.29, 1.82) is 0 Å². The van der Waals surface area contributed by atoms with Gasteiger partial charge >= 0.3 is 0 Å². The number of carbonyl (C=O) groups excluding carboxylic acids is 1. The van der Waals surface area contributed by atoms with Crippen LogP contribution in [0, 0.1) is 11.7 Å². The molecule has 1 aliphatic heterocycles. The topological polar surface area (TPSA) is 66.5 Å². The van der Waals surface area contributed by atoms with Crippen LogP contribution in [-0.4, -0.2) is 44.6 Å². The third-order valence-electron chi connectivity index (χ3n) is 5.49. The number of hydrogen-bond acceptors (Lipinski definition) is 3. The summed E-state index contributed by atoms with van der Waals surface area (Å²) in [6.07, 6.45) is 2.50. The molecular formula is C21H23FN2O3S. The van der Waals surface area contributed by atoms with E-state index in [0.29, 0.717) is 19.5 Å². The quantitative estimate of drug-likeness (QED) is 0.836. The molecule has 1 amide bonds. The highest BCUT2D eigenvalue weighted by Crippen LogP contribution is 2.51. The Morgan fingerprint density at radius 3 is 2.64 bits per heavy atom. The smallest absolute Gasteiger partial charge is 0.226 e. The summed E-state index contributed by atoms with van der Waals surface area (Å²) in [6.45, 7) is 0.967. The van der Waals surface area contributed by atoms with Gasteiger partial charge in [0.15, 0.2) is 0 Å². The van der Waals surface area contributed by atoms with E-state index in [0.717, 1.165) is 29.4 Å². The van der Waals surface area contributed by atoms with Crippen LogP contribution in [0.2, 0.25) is 0 Å². The Morgan fingerprint density at radius 1 is 1.18 bits per heavy atom. The lowest BCUT2D eigenvalue weighted by Crippen LogP contribution is -2.38. The second kappa shape index (κ2) is 7.29. The van der Waals surface area contributed by atoms with Crippen LogP contribution in [0.1, 0.15) is 24.3 Å². The highest BCUT2D eigenvalue weighted by atomic mass is 32.2. The average Bonchev–Trinajstić information content (AvgIpc) is 3.32. The lowest BCUT2D eigenvalue weighted by molar-refractivity contribution is -0.131. The maximum absolute atomic E-state index is 13.9. The SMILES string of the molecule is CS(=O)(=O)N[C@H]1CCN(C(=O)[C@@H]2C[C@H]2c2ccc(F)cc2-c2ccccc2)C1. The molecular weight excluding hydrogens is 379 g/mol. The maximum Gasteiger partial charge on any atom is 0.226 e. The molecule has 2 aliphatic rings. The second-order valence-electron chi connectivity index (χ2n) is 7.71. The van der Waals surface area contributed by atoms with Crippen LogP contribution in [0.15, 0.2) is 48.5 Å². The summed E-state index contributed by atoms with van der Waals surface area (Å²) in [5.41, 5.74) is 2.77. The number of halogens is 1. The van der Waals surface area contributed by atoms with Crippen LogP contribution in [0.25, 0.3) is 11.1 Å². The van der Waals surface area contributed by atoms with Gasteiger partial charge in [0.1, 0.15) is 5.82 Å². The van der Waals surface area contributed by atoms with Crippen molar-refractivity contribution in [2.75, 3.05) is 19.3 Å². The van der Waals surface area contributed by atoms with E-state index in [1.807, 2.05) is 30.3 Å². The van der Waals surface area contributed by atoms with Gasteiger partial charge in [0.05, 0.1) is 6.26 Å². The van der Waals surface area contributed by atoms with Crippen LogP contribution < -0.4 is 4.72 Å². The zero-order valence-corrected chi connectivity index (χ0v) is 16.5. The van der Waals surface area contributed by atoms with E-state index < -0.39 is 10.0 Å². The van der Waals surface area contributed by atoms with Crippen molar-refractivity contribution >= 4 is 15.9 Å². The van der Waals surface area contributed by atoms with Crippen molar-refractivity contribution in [2.45, 2.75) is 24.8 Å².